The molecule has 0 spiro atoms. The molecular weight excluding hydrogens is 306 g/mol. The Morgan fingerprint density at radius 3 is 2.75 bits per heavy atom. The number of non-ortho nitro benzene ring substituents is 1. The van der Waals surface area contributed by atoms with Crippen LogP contribution in [-0.2, 0) is 6.54 Å². The lowest BCUT2D eigenvalue weighted by Crippen LogP contribution is -2.33. The van der Waals surface area contributed by atoms with Gasteiger partial charge in [0.25, 0.3) is 5.69 Å². The number of nitrogens with one attached hydrogen (secondary N) is 1. The smallest absolute Gasteiger partial charge is 0.269 e. The summed E-state index contributed by atoms with van der Waals surface area (Å²) in [5.41, 5.74) is 1.05. The summed E-state index contributed by atoms with van der Waals surface area (Å²) in [6.07, 6.45) is 2.45. The number of hydrogen-bond donors (Lipinski definition) is 1. The largest absolute Gasteiger partial charge is 0.465 e. The van der Waals surface area contributed by atoms with E-state index >= 15 is 0 Å². The maximum Gasteiger partial charge on any atom is 0.269 e. The molecule has 24 heavy (non-hydrogen) atoms. The summed E-state index contributed by atoms with van der Waals surface area (Å²) in [5, 5.41) is 14.3. The van der Waals surface area contributed by atoms with Gasteiger partial charge >= 0.3 is 0 Å². The zero-order valence-corrected chi connectivity index (χ0v) is 13.9. The maximum absolute atomic E-state index is 10.9. The number of aryl methyl sites for hydroxylation is 1. The van der Waals surface area contributed by atoms with Gasteiger partial charge in [-0.25, -0.2) is 0 Å². The van der Waals surface area contributed by atoms with Gasteiger partial charge in [-0.1, -0.05) is 12.1 Å². The minimum atomic E-state index is -0.359. The van der Waals surface area contributed by atoms with E-state index in [1.165, 1.54) is 18.9 Å². The molecule has 0 aliphatic carbocycles. The molecule has 0 saturated carbocycles. The van der Waals surface area contributed by atoms with Crippen molar-refractivity contribution < 1.29 is 9.34 Å². The molecule has 0 amide bonds. The first-order chi connectivity index (χ1) is 11.6. The molecule has 128 valence electrons. The number of furan rings is 1. The maximum atomic E-state index is 10.9. The van der Waals surface area contributed by atoms with Crippen molar-refractivity contribution in [3.63, 3.8) is 0 Å². The topological polar surface area (TPSA) is 71.6 Å². The van der Waals surface area contributed by atoms with Crippen LogP contribution >= 0.6 is 0 Å². The van der Waals surface area contributed by atoms with Crippen LogP contribution in [0.1, 0.15) is 36.0 Å². The van der Waals surface area contributed by atoms with Crippen LogP contribution < -0.4 is 5.32 Å². The third-order valence-electron chi connectivity index (χ3n) is 4.46. The molecule has 1 aromatic heterocycles. The van der Waals surface area contributed by atoms with Crippen LogP contribution in [0, 0.1) is 17.0 Å². The van der Waals surface area contributed by atoms with E-state index in [4.69, 9.17) is 4.42 Å². The summed E-state index contributed by atoms with van der Waals surface area (Å²) >= 11 is 0. The zero-order chi connectivity index (χ0) is 16.9. The SMILES string of the molecule is Cc1ccc(C(CNCc2cccc([N+](=O)[O-])c2)N2CCCC2)o1. The molecule has 1 N–H and O–H groups in total. The minimum absolute atomic E-state index is 0.132. The highest BCUT2D eigenvalue weighted by molar-refractivity contribution is 5.34. The Labute approximate surface area is 141 Å². The lowest BCUT2D eigenvalue weighted by molar-refractivity contribution is -0.384. The van der Waals surface area contributed by atoms with Crippen LogP contribution in [0.15, 0.2) is 40.8 Å². The molecule has 2 heterocycles. The van der Waals surface area contributed by atoms with Gasteiger partial charge in [0.1, 0.15) is 11.5 Å². The fourth-order valence-corrected chi connectivity index (χ4v) is 3.23. The highest BCUT2D eigenvalue weighted by atomic mass is 16.6. The quantitative estimate of drug-likeness (QED) is 0.622. The monoisotopic (exact) mass is 329 g/mol. The molecule has 6 heteroatoms. The molecule has 2 aromatic rings. The average Bonchev–Trinajstić information content (AvgIpc) is 3.24. The van der Waals surface area contributed by atoms with E-state index in [1.54, 1.807) is 12.1 Å². The fourth-order valence-electron chi connectivity index (χ4n) is 3.23. The van der Waals surface area contributed by atoms with E-state index in [1.807, 2.05) is 25.1 Å². The molecule has 1 saturated heterocycles. The van der Waals surface area contributed by atoms with Crippen molar-refractivity contribution in [1.29, 1.82) is 0 Å². The molecule has 1 fully saturated rings. The van der Waals surface area contributed by atoms with E-state index in [0.717, 1.165) is 36.7 Å². The van der Waals surface area contributed by atoms with E-state index < -0.39 is 0 Å². The Morgan fingerprint density at radius 2 is 2.08 bits per heavy atom. The Kier molecular flexibility index (Phi) is 5.27. The Bertz CT molecular complexity index is 692. The van der Waals surface area contributed by atoms with Crippen molar-refractivity contribution in [1.82, 2.24) is 10.2 Å². The zero-order valence-electron chi connectivity index (χ0n) is 13.9. The molecule has 3 rings (SSSR count). The lowest BCUT2D eigenvalue weighted by atomic mass is 10.1. The van der Waals surface area contributed by atoms with E-state index in [-0.39, 0.29) is 16.7 Å². The van der Waals surface area contributed by atoms with E-state index in [9.17, 15) is 10.1 Å². The molecular formula is C18H23N3O3. The molecule has 1 atom stereocenters. The summed E-state index contributed by atoms with van der Waals surface area (Å²) in [6.45, 7) is 5.49. The summed E-state index contributed by atoms with van der Waals surface area (Å²) < 4.78 is 5.84. The highest BCUT2D eigenvalue weighted by Gasteiger charge is 2.25. The first kappa shape index (κ1) is 16.7. The summed E-state index contributed by atoms with van der Waals surface area (Å²) in [5.74, 6) is 1.91. The molecule has 1 aliphatic heterocycles. The Morgan fingerprint density at radius 1 is 1.29 bits per heavy atom. The van der Waals surface area contributed by atoms with Gasteiger partial charge in [-0.3, -0.25) is 15.0 Å². The summed E-state index contributed by atoms with van der Waals surface area (Å²) in [6, 6.07) is 11.0. The van der Waals surface area contributed by atoms with Crippen molar-refractivity contribution in [3.8, 4) is 0 Å². The van der Waals surface area contributed by atoms with Crippen molar-refractivity contribution >= 4 is 5.69 Å². The second-order valence-corrected chi connectivity index (χ2v) is 6.27. The van der Waals surface area contributed by atoms with Gasteiger partial charge in [-0.2, -0.15) is 0 Å². The standard InChI is InChI=1S/C18H23N3O3/c1-14-7-8-18(24-14)17(20-9-2-3-10-20)13-19-12-15-5-4-6-16(11-15)21(22)23/h4-8,11,17,19H,2-3,9-10,12-13H2,1H3. The summed E-state index contributed by atoms with van der Waals surface area (Å²) in [4.78, 5) is 12.9. The number of nitro groups is 1. The molecule has 6 nitrogen and oxygen atoms in total. The molecule has 1 unspecified atom stereocenters. The molecule has 1 aromatic carbocycles. The minimum Gasteiger partial charge on any atom is -0.465 e. The number of likely N-dealkylation sites (tertiary alicyclic amines) is 1. The van der Waals surface area contributed by atoms with Crippen LogP contribution in [-0.4, -0.2) is 29.5 Å². The Hall–Kier alpha value is -2.18. The van der Waals surface area contributed by atoms with Crippen molar-refractivity contribution in [3.05, 3.63) is 63.6 Å². The normalized spacial score (nSPS) is 16.4. The average molecular weight is 329 g/mol. The molecule has 0 bridgehead atoms. The van der Waals surface area contributed by atoms with Crippen LogP contribution in [0.2, 0.25) is 0 Å². The first-order valence-corrected chi connectivity index (χ1v) is 8.38. The Balaban J connectivity index is 1.63. The number of benzene rings is 1. The lowest BCUT2D eigenvalue weighted by Gasteiger charge is -2.26. The highest BCUT2D eigenvalue weighted by Crippen LogP contribution is 2.26. The third-order valence-corrected chi connectivity index (χ3v) is 4.46. The van der Waals surface area contributed by atoms with Gasteiger partial charge < -0.3 is 9.73 Å². The van der Waals surface area contributed by atoms with Gasteiger partial charge in [0.05, 0.1) is 11.0 Å². The first-order valence-electron chi connectivity index (χ1n) is 8.38. The van der Waals surface area contributed by atoms with Crippen LogP contribution in [0.5, 0.6) is 0 Å². The van der Waals surface area contributed by atoms with Crippen molar-refractivity contribution in [2.75, 3.05) is 19.6 Å². The van der Waals surface area contributed by atoms with Gasteiger partial charge in [0.15, 0.2) is 0 Å². The van der Waals surface area contributed by atoms with Crippen LogP contribution in [0.3, 0.4) is 0 Å². The van der Waals surface area contributed by atoms with Gasteiger partial charge in [-0.15, -0.1) is 0 Å². The van der Waals surface area contributed by atoms with Gasteiger partial charge in [0.2, 0.25) is 0 Å². The van der Waals surface area contributed by atoms with Crippen molar-refractivity contribution in [2.24, 2.45) is 0 Å². The fraction of sp³-hybridized carbons (Fsp3) is 0.444. The molecule has 0 radical (unpaired) electrons. The predicted molar refractivity (Wildman–Crippen MR) is 91.8 cm³/mol. The van der Waals surface area contributed by atoms with E-state index in [0.29, 0.717) is 6.54 Å². The van der Waals surface area contributed by atoms with E-state index in [2.05, 4.69) is 10.2 Å². The van der Waals surface area contributed by atoms with Gasteiger partial charge in [-0.05, 0) is 50.6 Å². The predicted octanol–water partition coefficient (Wildman–Crippen LogP) is 3.42. The second-order valence-electron chi connectivity index (χ2n) is 6.27. The van der Waals surface area contributed by atoms with Crippen LogP contribution in [0.25, 0.3) is 0 Å². The van der Waals surface area contributed by atoms with Crippen LogP contribution in [0.4, 0.5) is 5.69 Å². The summed E-state index contributed by atoms with van der Waals surface area (Å²) in [7, 11) is 0. The van der Waals surface area contributed by atoms with Gasteiger partial charge in [0, 0.05) is 25.2 Å². The second kappa shape index (κ2) is 7.59. The number of nitro benzene ring substituents is 1. The third kappa shape index (κ3) is 4.01. The number of rotatable bonds is 7. The number of nitrogens with zero attached hydrogens (tertiary/aromatic N) is 2. The number of hydrogen-bond acceptors (Lipinski definition) is 5. The molecule has 1 aliphatic rings. The van der Waals surface area contributed by atoms with Crippen molar-refractivity contribution in [2.45, 2.75) is 32.4 Å².